The number of hydrogen-bond acceptors (Lipinski definition) is 4. The number of aliphatic hydroxyl groups is 2. The summed E-state index contributed by atoms with van der Waals surface area (Å²) in [6, 6.07) is 9.95. The molecule has 0 heterocycles. The summed E-state index contributed by atoms with van der Waals surface area (Å²) in [5.41, 5.74) is 6.56. The fraction of sp³-hybridized carbons (Fsp3) is 0.838. The molecule has 2 aromatic rings. The standard InChI is InChI=1S/C74H134O4/c1-17-21-23-25-27-29-31-33-35-37-39-41-43-45-47-49-51-73(76,52-50-48-46-44-42-40-38-36-34-32-30-28-26-24-22-18-2)74(78-56-55-77-54-53-75,67-63(69(5,6)7)57-61(19-3)58-64(67)70(8,9)10)68-65(71(11,12)13)59-62(20-4)60-66(68)72(14,15)16/h57-60,75-76H,17-56H2,1-16H3. The van der Waals surface area contributed by atoms with Crippen LogP contribution < -0.4 is 0 Å². The first-order valence-corrected chi connectivity index (χ1v) is 33.9. The molecule has 4 nitrogen and oxygen atoms in total. The number of unbranched alkanes of at least 4 members (excludes halogenated alkanes) is 30. The number of hydrogen-bond donors (Lipinski definition) is 2. The predicted molar refractivity (Wildman–Crippen MR) is 344 cm³/mol. The van der Waals surface area contributed by atoms with E-state index in [-0.39, 0.29) is 34.9 Å². The van der Waals surface area contributed by atoms with Crippen molar-refractivity contribution in [2.24, 2.45) is 0 Å². The minimum absolute atomic E-state index is 0.0325. The van der Waals surface area contributed by atoms with Crippen LogP contribution in [0.15, 0.2) is 24.3 Å². The van der Waals surface area contributed by atoms with Gasteiger partial charge in [0.1, 0.15) is 11.2 Å². The van der Waals surface area contributed by atoms with Crippen LogP contribution in [0.1, 0.15) is 374 Å². The summed E-state index contributed by atoms with van der Waals surface area (Å²) >= 11 is 0. The van der Waals surface area contributed by atoms with E-state index in [1.54, 1.807) is 0 Å². The predicted octanol–water partition coefficient (Wildman–Crippen LogP) is 22.3. The van der Waals surface area contributed by atoms with E-state index in [4.69, 9.17) is 9.47 Å². The molecule has 0 aromatic heterocycles. The molecule has 0 fully saturated rings. The van der Waals surface area contributed by atoms with Crippen LogP contribution in [0, 0.1) is 0 Å². The number of ether oxygens (including phenoxy) is 2. The lowest BCUT2D eigenvalue weighted by Gasteiger charge is -2.54. The topological polar surface area (TPSA) is 58.9 Å². The van der Waals surface area contributed by atoms with Crippen LogP contribution in [-0.4, -0.2) is 42.2 Å². The van der Waals surface area contributed by atoms with Crippen molar-refractivity contribution in [3.05, 3.63) is 68.8 Å². The molecule has 2 rings (SSSR count). The van der Waals surface area contributed by atoms with Gasteiger partial charge < -0.3 is 19.7 Å². The zero-order chi connectivity index (χ0) is 58.1. The van der Waals surface area contributed by atoms with E-state index in [0.29, 0.717) is 26.1 Å². The Morgan fingerprint density at radius 2 is 0.577 bits per heavy atom. The SMILES string of the molecule is CCCCCCCCCCCCCCCCCCC(O)(CCCCCCCCCCCCCCCCCC)C(OCCOCCO)(c1c(C(C)(C)C)cc(CC)cc1C(C)(C)C)c1c(C(C)(C)C)cc(CC)cc1C(C)(C)C. The van der Waals surface area contributed by atoms with Crippen molar-refractivity contribution >= 4 is 0 Å². The number of benzene rings is 2. The first kappa shape index (κ1) is 72.4. The van der Waals surface area contributed by atoms with E-state index in [1.165, 1.54) is 224 Å². The van der Waals surface area contributed by atoms with Crippen molar-refractivity contribution in [1.82, 2.24) is 0 Å². The third kappa shape index (κ3) is 25.4. The lowest BCUT2D eigenvalue weighted by Crippen LogP contribution is -2.58. The van der Waals surface area contributed by atoms with Gasteiger partial charge in [-0.2, -0.15) is 0 Å². The first-order chi connectivity index (χ1) is 37.0. The highest BCUT2D eigenvalue weighted by molar-refractivity contribution is 5.61. The summed E-state index contributed by atoms with van der Waals surface area (Å²) in [5, 5.41) is 25.0. The molecular weight excluding hydrogens is 953 g/mol. The highest BCUT2D eigenvalue weighted by Crippen LogP contribution is 2.58. The Labute approximate surface area is 487 Å². The van der Waals surface area contributed by atoms with E-state index >= 15 is 5.11 Å². The molecule has 0 amide bonds. The Morgan fingerprint density at radius 1 is 0.333 bits per heavy atom. The smallest absolute Gasteiger partial charge is 0.148 e. The molecule has 2 N–H and O–H groups in total. The van der Waals surface area contributed by atoms with Gasteiger partial charge in [-0.05, 0) is 91.9 Å². The fourth-order valence-electron chi connectivity index (χ4n) is 12.6. The summed E-state index contributed by atoms with van der Waals surface area (Å²) < 4.78 is 14.3. The van der Waals surface area contributed by atoms with Crippen molar-refractivity contribution in [1.29, 1.82) is 0 Å². The molecule has 4 heteroatoms. The van der Waals surface area contributed by atoms with Crippen molar-refractivity contribution in [2.45, 2.75) is 375 Å². The van der Waals surface area contributed by atoms with Gasteiger partial charge in [0.05, 0.1) is 26.4 Å². The van der Waals surface area contributed by atoms with Crippen molar-refractivity contribution < 1.29 is 19.7 Å². The van der Waals surface area contributed by atoms with Gasteiger partial charge >= 0.3 is 0 Å². The lowest BCUT2D eigenvalue weighted by atomic mass is 9.57. The van der Waals surface area contributed by atoms with Gasteiger partial charge in [-0.25, -0.2) is 0 Å². The lowest BCUT2D eigenvalue weighted by molar-refractivity contribution is -0.185. The molecule has 0 spiro atoms. The minimum Gasteiger partial charge on any atom is -0.394 e. The van der Waals surface area contributed by atoms with E-state index in [0.717, 1.165) is 38.5 Å². The minimum atomic E-state index is -1.27. The number of aryl methyl sites for hydroxylation is 2. The van der Waals surface area contributed by atoms with Crippen LogP contribution in [0.2, 0.25) is 0 Å². The molecule has 0 aliphatic rings. The molecular formula is C74H134O4. The summed E-state index contributed by atoms with van der Waals surface area (Å²) in [7, 11) is 0. The molecule has 0 radical (unpaired) electrons. The summed E-state index contributed by atoms with van der Waals surface area (Å²) in [6.45, 7) is 38.6. The zero-order valence-electron chi connectivity index (χ0n) is 55.3. The summed E-state index contributed by atoms with van der Waals surface area (Å²) in [6.07, 6.45) is 45.4. The summed E-state index contributed by atoms with van der Waals surface area (Å²) in [4.78, 5) is 0. The number of rotatable bonds is 45. The van der Waals surface area contributed by atoms with Gasteiger partial charge in [0, 0.05) is 0 Å². The Kier molecular flexibility index (Phi) is 35.4. The third-order valence-corrected chi connectivity index (χ3v) is 17.5. The molecule has 2 aromatic carbocycles. The largest absolute Gasteiger partial charge is 0.394 e. The molecule has 78 heavy (non-hydrogen) atoms. The molecule has 0 bridgehead atoms. The quantitative estimate of drug-likeness (QED) is 0.0649. The maximum atomic E-state index is 15.1. The zero-order valence-corrected chi connectivity index (χ0v) is 55.3. The maximum Gasteiger partial charge on any atom is 0.148 e. The molecule has 0 saturated heterocycles. The Hall–Kier alpha value is -1.72. The van der Waals surface area contributed by atoms with E-state index < -0.39 is 11.2 Å². The van der Waals surface area contributed by atoms with Gasteiger partial charge in [-0.1, -0.05) is 341 Å². The van der Waals surface area contributed by atoms with Crippen LogP contribution >= 0.6 is 0 Å². The maximum absolute atomic E-state index is 15.1. The van der Waals surface area contributed by atoms with Crippen LogP contribution in [0.5, 0.6) is 0 Å². The Bertz CT molecular complexity index is 1640. The molecule has 454 valence electrons. The molecule has 0 aliphatic heterocycles. The second-order valence-electron chi connectivity index (χ2n) is 28.8. The molecule has 0 aliphatic carbocycles. The monoisotopic (exact) mass is 1090 g/mol. The third-order valence-electron chi connectivity index (χ3n) is 17.5. The van der Waals surface area contributed by atoms with E-state index in [1.807, 2.05) is 0 Å². The normalized spacial score (nSPS) is 13.1. The van der Waals surface area contributed by atoms with Gasteiger partial charge in [0.15, 0.2) is 0 Å². The molecule has 0 unspecified atom stereocenters. The Morgan fingerprint density at radius 3 is 0.795 bits per heavy atom. The van der Waals surface area contributed by atoms with Gasteiger partial charge in [-0.15, -0.1) is 0 Å². The molecule has 0 atom stereocenters. The first-order valence-electron chi connectivity index (χ1n) is 33.9. The van der Waals surface area contributed by atoms with Crippen molar-refractivity contribution in [3.63, 3.8) is 0 Å². The fourth-order valence-corrected chi connectivity index (χ4v) is 12.6. The number of aliphatic hydroxyl groups excluding tert-OH is 1. The van der Waals surface area contributed by atoms with Crippen molar-refractivity contribution in [3.8, 4) is 0 Å². The van der Waals surface area contributed by atoms with Crippen LogP contribution in [0.4, 0.5) is 0 Å². The van der Waals surface area contributed by atoms with E-state index in [9.17, 15) is 5.11 Å². The highest BCUT2D eigenvalue weighted by atomic mass is 16.5. The average Bonchev–Trinajstić information content (AvgIpc) is 3.56. The van der Waals surface area contributed by atoms with Crippen LogP contribution in [0.3, 0.4) is 0 Å². The van der Waals surface area contributed by atoms with Gasteiger partial charge in [-0.3, -0.25) is 0 Å². The van der Waals surface area contributed by atoms with Crippen LogP contribution in [-0.2, 0) is 49.6 Å². The molecule has 0 saturated carbocycles. The second-order valence-corrected chi connectivity index (χ2v) is 28.8. The summed E-state index contributed by atoms with van der Waals surface area (Å²) in [5.74, 6) is 0. The van der Waals surface area contributed by atoms with E-state index in [2.05, 4.69) is 135 Å². The van der Waals surface area contributed by atoms with Crippen molar-refractivity contribution in [2.75, 3.05) is 26.4 Å². The van der Waals surface area contributed by atoms with Gasteiger partial charge in [0.2, 0.25) is 0 Å². The second kappa shape index (κ2) is 38.2. The average molecular weight is 1090 g/mol. The highest BCUT2D eigenvalue weighted by Gasteiger charge is 2.59. The van der Waals surface area contributed by atoms with Crippen LogP contribution in [0.25, 0.3) is 0 Å². The van der Waals surface area contributed by atoms with Gasteiger partial charge in [0.25, 0.3) is 0 Å². The Balaban J connectivity index is 2.80.